The molecule has 0 saturated heterocycles. The van der Waals surface area contributed by atoms with Crippen molar-refractivity contribution < 1.29 is 19.0 Å². The number of carbonyl (C=O) groups is 1. The van der Waals surface area contributed by atoms with Crippen molar-refractivity contribution in [2.45, 2.75) is 13.8 Å². The van der Waals surface area contributed by atoms with Crippen molar-refractivity contribution in [1.29, 1.82) is 0 Å². The quantitative estimate of drug-likeness (QED) is 0.185. The molecule has 0 fully saturated rings. The molecule has 2 aromatic carbocycles. The summed E-state index contributed by atoms with van der Waals surface area (Å²) < 4.78 is 18.7. The lowest BCUT2D eigenvalue weighted by Gasteiger charge is -2.12. The number of nitrogens with zero attached hydrogens (tertiary/aromatic N) is 1. The summed E-state index contributed by atoms with van der Waals surface area (Å²) in [5.41, 5.74) is 2.63. The van der Waals surface area contributed by atoms with Crippen LogP contribution in [-0.4, -0.2) is 25.1 Å². The van der Waals surface area contributed by atoms with Crippen molar-refractivity contribution in [2.75, 3.05) is 13.2 Å². The number of benzene rings is 2. The van der Waals surface area contributed by atoms with E-state index in [-0.39, 0.29) is 11.6 Å². The zero-order valence-corrected chi connectivity index (χ0v) is 19.7. The summed E-state index contributed by atoms with van der Waals surface area (Å²) in [5, 5.41) is 0. The summed E-state index contributed by atoms with van der Waals surface area (Å²) in [6.07, 6.45) is 1.67. The molecule has 1 aliphatic rings. The Labute approximate surface area is 191 Å². The van der Waals surface area contributed by atoms with Gasteiger partial charge in [-0.05, 0) is 99.9 Å². The van der Waals surface area contributed by atoms with E-state index in [0.29, 0.717) is 24.7 Å². The van der Waals surface area contributed by atoms with Gasteiger partial charge in [0.15, 0.2) is 17.2 Å². The topological polar surface area (TPSA) is 57.1 Å². The molecule has 2 aromatic rings. The van der Waals surface area contributed by atoms with Gasteiger partial charge in [-0.15, -0.1) is 0 Å². The van der Waals surface area contributed by atoms with Crippen LogP contribution < -0.4 is 9.47 Å². The third-order valence-corrected chi connectivity index (χ3v) is 6.17. The second-order valence-electron chi connectivity index (χ2n) is 6.35. The van der Waals surface area contributed by atoms with Gasteiger partial charge in [0.25, 0.3) is 0 Å². The average molecular weight is 568 g/mol. The predicted octanol–water partition coefficient (Wildman–Crippen LogP) is 5.75. The number of hydrogen-bond acceptors (Lipinski definition) is 5. The Morgan fingerprint density at radius 3 is 2.72 bits per heavy atom. The normalized spacial score (nSPS) is 14.6. The number of carbonyl (C=O) groups excluding carboxylic acids is 1. The molecule has 0 atom stereocenters. The molecule has 5 nitrogen and oxygen atoms in total. The zero-order chi connectivity index (χ0) is 21.0. The fourth-order valence-electron chi connectivity index (χ4n) is 2.52. The molecule has 3 rings (SSSR count). The van der Waals surface area contributed by atoms with Gasteiger partial charge in [-0.3, -0.25) is 0 Å². The molecule has 0 aromatic heterocycles. The van der Waals surface area contributed by atoms with Gasteiger partial charge in [-0.25, -0.2) is 9.79 Å². The number of rotatable bonds is 7. The smallest absolute Gasteiger partial charge is 0.363 e. The third-order valence-electron chi connectivity index (χ3n) is 3.83. The van der Waals surface area contributed by atoms with Crippen molar-refractivity contribution in [2.24, 2.45) is 4.99 Å². The van der Waals surface area contributed by atoms with E-state index in [0.717, 1.165) is 24.7 Å². The first-order valence-corrected chi connectivity index (χ1v) is 10.8. The molecule has 0 spiro atoms. The minimum Gasteiger partial charge on any atom is -0.490 e. The van der Waals surface area contributed by atoms with Crippen LogP contribution in [-0.2, 0) is 9.53 Å². The molecule has 150 valence electrons. The van der Waals surface area contributed by atoms with Crippen molar-refractivity contribution in [3.05, 3.63) is 73.4 Å². The van der Waals surface area contributed by atoms with Crippen LogP contribution in [0.5, 0.6) is 11.5 Å². The van der Waals surface area contributed by atoms with Crippen molar-refractivity contribution in [3.8, 4) is 11.5 Å². The van der Waals surface area contributed by atoms with Crippen LogP contribution >= 0.6 is 38.5 Å². The molecule has 0 bridgehead atoms. The Morgan fingerprint density at radius 2 is 2.03 bits per heavy atom. The second-order valence-corrected chi connectivity index (χ2v) is 8.37. The molecule has 7 heteroatoms. The van der Waals surface area contributed by atoms with Gasteiger partial charge in [0.1, 0.15) is 6.61 Å². The highest BCUT2D eigenvalue weighted by molar-refractivity contribution is 14.1. The number of ether oxygens (including phenoxy) is 3. The molecule has 0 N–H and O–H groups in total. The Bertz CT molecular complexity index is 1030. The maximum atomic E-state index is 12.3. The Morgan fingerprint density at radius 1 is 1.24 bits per heavy atom. The lowest BCUT2D eigenvalue weighted by atomic mass is 10.1. The van der Waals surface area contributed by atoms with Crippen LogP contribution in [0, 0.1) is 3.57 Å². The van der Waals surface area contributed by atoms with E-state index >= 15 is 0 Å². The van der Waals surface area contributed by atoms with Gasteiger partial charge in [0.2, 0.25) is 5.90 Å². The minimum absolute atomic E-state index is 0.229. The maximum absolute atomic E-state index is 12.3. The fraction of sp³-hybridized carbons (Fsp3) is 0.182. The molecule has 0 radical (unpaired) electrons. The van der Waals surface area contributed by atoms with Crippen molar-refractivity contribution >= 4 is 56.5 Å². The summed E-state index contributed by atoms with van der Waals surface area (Å²) in [5.74, 6) is 1.01. The molecule has 0 amide bonds. The van der Waals surface area contributed by atoms with Crippen LogP contribution in [0.2, 0.25) is 0 Å². The van der Waals surface area contributed by atoms with Gasteiger partial charge in [0, 0.05) is 13.6 Å². The average Bonchev–Trinajstić information content (AvgIpc) is 3.04. The van der Waals surface area contributed by atoms with Gasteiger partial charge in [0.05, 0.1) is 6.61 Å². The molecular weight excluding hydrogens is 549 g/mol. The molecule has 1 heterocycles. The lowest BCUT2D eigenvalue weighted by molar-refractivity contribution is -0.129. The second kappa shape index (κ2) is 9.58. The van der Waals surface area contributed by atoms with E-state index in [2.05, 4.69) is 50.1 Å². The maximum Gasteiger partial charge on any atom is 0.363 e. The Kier molecular flexibility index (Phi) is 7.13. The first kappa shape index (κ1) is 21.6. The van der Waals surface area contributed by atoms with E-state index in [4.69, 9.17) is 14.2 Å². The number of halogens is 2. The van der Waals surface area contributed by atoms with Crippen LogP contribution in [0.15, 0.2) is 63.7 Å². The van der Waals surface area contributed by atoms with E-state index in [9.17, 15) is 4.79 Å². The third kappa shape index (κ3) is 5.48. The van der Waals surface area contributed by atoms with E-state index in [1.807, 2.05) is 50.2 Å². The van der Waals surface area contributed by atoms with Crippen LogP contribution in [0.1, 0.15) is 25.0 Å². The predicted molar refractivity (Wildman–Crippen MR) is 125 cm³/mol. The molecule has 0 saturated carbocycles. The number of hydrogen-bond donors (Lipinski definition) is 0. The van der Waals surface area contributed by atoms with Crippen LogP contribution in [0.4, 0.5) is 0 Å². The number of esters is 1. The molecule has 1 aliphatic heterocycles. The Balaban J connectivity index is 1.89. The Hall–Kier alpha value is -2.13. The first-order chi connectivity index (χ1) is 13.9. The SMILES string of the molecule is C=C(C)COc1ccc(/C=C2\N=C(c3ccc(I)c(Br)c3)OC2=O)cc1OCC. The molecule has 29 heavy (non-hydrogen) atoms. The van der Waals surface area contributed by atoms with E-state index < -0.39 is 5.97 Å². The van der Waals surface area contributed by atoms with Gasteiger partial charge >= 0.3 is 5.97 Å². The highest BCUT2D eigenvalue weighted by Crippen LogP contribution is 2.31. The van der Waals surface area contributed by atoms with Crippen LogP contribution in [0.3, 0.4) is 0 Å². The molecule has 0 unspecified atom stereocenters. The van der Waals surface area contributed by atoms with Crippen molar-refractivity contribution in [1.82, 2.24) is 0 Å². The van der Waals surface area contributed by atoms with Gasteiger partial charge in [-0.2, -0.15) is 0 Å². The molecule has 0 aliphatic carbocycles. The largest absolute Gasteiger partial charge is 0.490 e. The van der Waals surface area contributed by atoms with Crippen molar-refractivity contribution in [3.63, 3.8) is 0 Å². The fourth-order valence-corrected chi connectivity index (χ4v) is 3.24. The highest BCUT2D eigenvalue weighted by Gasteiger charge is 2.24. The minimum atomic E-state index is -0.491. The van der Waals surface area contributed by atoms with E-state index in [1.165, 1.54) is 0 Å². The summed E-state index contributed by atoms with van der Waals surface area (Å²) in [4.78, 5) is 16.6. The zero-order valence-electron chi connectivity index (χ0n) is 16.0. The summed E-state index contributed by atoms with van der Waals surface area (Å²) >= 11 is 5.70. The monoisotopic (exact) mass is 567 g/mol. The van der Waals surface area contributed by atoms with Gasteiger partial charge in [-0.1, -0.05) is 12.6 Å². The summed E-state index contributed by atoms with van der Waals surface area (Å²) in [6, 6.07) is 11.1. The highest BCUT2D eigenvalue weighted by atomic mass is 127. The summed E-state index contributed by atoms with van der Waals surface area (Å²) in [6.45, 7) is 8.54. The summed E-state index contributed by atoms with van der Waals surface area (Å²) in [7, 11) is 0. The van der Waals surface area contributed by atoms with E-state index in [1.54, 1.807) is 6.08 Å². The first-order valence-electron chi connectivity index (χ1n) is 8.89. The standard InChI is InChI=1S/C22H19BrINO4/c1-4-27-20-10-14(5-8-19(20)28-12-13(2)3)9-18-22(26)29-21(25-18)15-6-7-17(24)16(23)11-15/h5-11H,2,4,12H2,1,3H3/b18-9-. The molecular formula is C22H19BrINO4. The number of cyclic esters (lactones) is 1. The lowest BCUT2D eigenvalue weighted by Crippen LogP contribution is -2.05. The number of aliphatic imine (C=N–C) groups is 1. The van der Waals surface area contributed by atoms with Crippen LogP contribution in [0.25, 0.3) is 6.08 Å². The van der Waals surface area contributed by atoms with Gasteiger partial charge < -0.3 is 14.2 Å².